The van der Waals surface area contributed by atoms with Gasteiger partial charge in [0.15, 0.2) is 0 Å². The largest absolute Gasteiger partial charge is 0.497 e. The predicted octanol–water partition coefficient (Wildman–Crippen LogP) is 6.04. The van der Waals surface area contributed by atoms with Crippen molar-refractivity contribution < 1.29 is 4.74 Å². The first-order valence-electron chi connectivity index (χ1n) is 8.32. The predicted molar refractivity (Wildman–Crippen MR) is 102 cm³/mol. The average molecular weight is 317 g/mol. The van der Waals surface area contributed by atoms with Crippen molar-refractivity contribution in [3.05, 3.63) is 83.9 Å². The minimum Gasteiger partial charge on any atom is -0.497 e. The molecule has 0 saturated heterocycles. The minimum absolute atomic E-state index is 0.868. The number of methoxy groups -OCH3 is 1. The lowest BCUT2D eigenvalue weighted by atomic mass is 10.0. The SMILES string of the molecule is CCc1cccc(C)c1N(c1ccccc1)c1ccc(OC)cc1. The van der Waals surface area contributed by atoms with Gasteiger partial charge in [0.2, 0.25) is 0 Å². The van der Waals surface area contributed by atoms with Crippen molar-refractivity contribution in [3.8, 4) is 5.75 Å². The first kappa shape index (κ1) is 16.1. The molecule has 2 heteroatoms. The van der Waals surface area contributed by atoms with Gasteiger partial charge in [0.1, 0.15) is 5.75 Å². The fourth-order valence-corrected chi connectivity index (χ4v) is 3.04. The summed E-state index contributed by atoms with van der Waals surface area (Å²) in [5.41, 5.74) is 6.16. The molecular formula is C22H23NO. The molecular weight excluding hydrogens is 294 g/mol. The summed E-state index contributed by atoms with van der Waals surface area (Å²) < 4.78 is 5.31. The van der Waals surface area contributed by atoms with Gasteiger partial charge in [-0.15, -0.1) is 0 Å². The van der Waals surface area contributed by atoms with E-state index in [-0.39, 0.29) is 0 Å². The van der Waals surface area contributed by atoms with Crippen LogP contribution in [-0.2, 0) is 6.42 Å². The Morgan fingerprint density at radius 3 is 2.08 bits per heavy atom. The second kappa shape index (κ2) is 7.22. The lowest BCUT2D eigenvalue weighted by molar-refractivity contribution is 0.415. The molecule has 0 aromatic heterocycles. The zero-order valence-corrected chi connectivity index (χ0v) is 14.5. The van der Waals surface area contributed by atoms with Gasteiger partial charge < -0.3 is 9.64 Å². The van der Waals surface area contributed by atoms with E-state index in [4.69, 9.17) is 4.74 Å². The third-order valence-electron chi connectivity index (χ3n) is 4.27. The normalized spacial score (nSPS) is 10.5. The van der Waals surface area contributed by atoms with Crippen molar-refractivity contribution in [3.63, 3.8) is 0 Å². The van der Waals surface area contributed by atoms with Crippen molar-refractivity contribution in [2.75, 3.05) is 12.0 Å². The van der Waals surface area contributed by atoms with Crippen LogP contribution in [0.5, 0.6) is 5.75 Å². The maximum absolute atomic E-state index is 5.31. The van der Waals surface area contributed by atoms with Crippen molar-refractivity contribution >= 4 is 17.1 Å². The Morgan fingerprint density at radius 2 is 1.46 bits per heavy atom. The molecule has 3 rings (SSSR count). The molecule has 0 radical (unpaired) electrons. The van der Waals surface area contributed by atoms with Gasteiger partial charge in [-0.1, -0.05) is 43.3 Å². The summed E-state index contributed by atoms with van der Waals surface area (Å²) in [6.07, 6.45) is 0.997. The van der Waals surface area contributed by atoms with Crippen LogP contribution in [-0.4, -0.2) is 7.11 Å². The highest BCUT2D eigenvalue weighted by Crippen LogP contribution is 2.39. The monoisotopic (exact) mass is 317 g/mol. The molecule has 2 nitrogen and oxygen atoms in total. The summed E-state index contributed by atoms with van der Waals surface area (Å²) in [7, 11) is 1.69. The van der Waals surface area contributed by atoms with E-state index < -0.39 is 0 Å². The number of hydrogen-bond acceptors (Lipinski definition) is 2. The summed E-state index contributed by atoms with van der Waals surface area (Å²) in [4.78, 5) is 2.33. The first-order chi connectivity index (χ1) is 11.7. The van der Waals surface area contributed by atoms with Crippen LogP contribution in [0.15, 0.2) is 72.8 Å². The molecule has 0 heterocycles. The van der Waals surface area contributed by atoms with E-state index >= 15 is 0 Å². The molecule has 0 aliphatic carbocycles. The van der Waals surface area contributed by atoms with Crippen molar-refractivity contribution in [1.82, 2.24) is 0 Å². The highest BCUT2D eigenvalue weighted by molar-refractivity contribution is 5.80. The highest BCUT2D eigenvalue weighted by atomic mass is 16.5. The molecule has 122 valence electrons. The topological polar surface area (TPSA) is 12.5 Å². The molecule has 3 aromatic carbocycles. The van der Waals surface area contributed by atoms with Gasteiger partial charge in [-0.3, -0.25) is 0 Å². The molecule has 0 saturated carbocycles. The third kappa shape index (κ3) is 3.13. The fraction of sp³-hybridized carbons (Fsp3) is 0.182. The third-order valence-corrected chi connectivity index (χ3v) is 4.27. The summed E-state index contributed by atoms with van der Waals surface area (Å²) in [5, 5.41) is 0. The first-order valence-corrected chi connectivity index (χ1v) is 8.32. The van der Waals surface area contributed by atoms with E-state index in [0.29, 0.717) is 0 Å². The lowest BCUT2D eigenvalue weighted by Gasteiger charge is -2.29. The van der Waals surface area contributed by atoms with E-state index in [1.165, 1.54) is 16.8 Å². The Labute approximate surface area is 144 Å². The van der Waals surface area contributed by atoms with E-state index in [0.717, 1.165) is 23.5 Å². The summed E-state index contributed by atoms with van der Waals surface area (Å²) in [5.74, 6) is 0.868. The molecule has 0 amide bonds. The van der Waals surface area contributed by atoms with Gasteiger partial charge >= 0.3 is 0 Å². The van der Waals surface area contributed by atoms with Crippen molar-refractivity contribution in [1.29, 1.82) is 0 Å². The number of ether oxygens (including phenoxy) is 1. The van der Waals surface area contributed by atoms with Crippen LogP contribution in [0.4, 0.5) is 17.1 Å². The minimum atomic E-state index is 0.868. The van der Waals surface area contributed by atoms with Gasteiger partial charge in [0.25, 0.3) is 0 Å². The van der Waals surface area contributed by atoms with Crippen molar-refractivity contribution in [2.45, 2.75) is 20.3 Å². The number of anilines is 3. The summed E-state index contributed by atoms with van der Waals surface area (Å²) >= 11 is 0. The van der Waals surface area contributed by atoms with Crippen LogP contribution in [0.3, 0.4) is 0 Å². The van der Waals surface area contributed by atoms with E-state index in [1.54, 1.807) is 7.11 Å². The Balaban J connectivity index is 2.20. The zero-order chi connectivity index (χ0) is 16.9. The number of benzene rings is 3. The molecule has 0 aliphatic rings. The number of rotatable bonds is 5. The molecule has 0 atom stereocenters. The van der Waals surface area contributed by atoms with Gasteiger partial charge in [0, 0.05) is 11.4 Å². The molecule has 0 bridgehead atoms. The lowest BCUT2D eigenvalue weighted by Crippen LogP contribution is -2.13. The molecule has 24 heavy (non-hydrogen) atoms. The van der Waals surface area contributed by atoms with Gasteiger partial charge in [-0.05, 0) is 60.9 Å². The second-order valence-corrected chi connectivity index (χ2v) is 5.81. The van der Waals surface area contributed by atoms with Crippen molar-refractivity contribution in [2.24, 2.45) is 0 Å². The highest BCUT2D eigenvalue weighted by Gasteiger charge is 2.17. The van der Waals surface area contributed by atoms with Gasteiger partial charge in [-0.2, -0.15) is 0 Å². The van der Waals surface area contributed by atoms with Crippen LogP contribution < -0.4 is 9.64 Å². The summed E-state index contributed by atoms with van der Waals surface area (Å²) in [6, 6.07) is 25.3. The molecule has 0 N–H and O–H groups in total. The summed E-state index contributed by atoms with van der Waals surface area (Å²) in [6.45, 7) is 4.38. The maximum atomic E-state index is 5.31. The molecule has 3 aromatic rings. The van der Waals surface area contributed by atoms with Crippen LogP contribution in [0.25, 0.3) is 0 Å². The van der Waals surface area contributed by atoms with Crippen LogP contribution >= 0.6 is 0 Å². The second-order valence-electron chi connectivity index (χ2n) is 5.81. The number of hydrogen-bond donors (Lipinski definition) is 0. The van der Waals surface area contributed by atoms with Crippen LogP contribution in [0.2, 0.25) is 0 Å². The molecule has 0 fully saturated rings. The Hall–Kier alpha value is -2.74. The smallest absolute Gasteiger partial charge is 0.119 e. The van der Waals surface area contributed by atoms with Gasteiger partial charge in [0.05, 0.1) is 12.8 Å². The molecule has 0 spiro atoms. The standard InChI is InChI=1S/C22H23NO/c1-4-18-10-8-9-17(2)22(18)23(19-11-6-5-7-12-19)20-13-15-21(24-3)16-14-20/h5-16H,4H2,1-3H3. The Kier molecular flexibility index (Phi) is 4.85. The van der Waals surface area contributed by atoms with Gasteiger partial charge in [-0.25, -0.2) is 0 Å². The number of aryl methyl sites for hydroxylation is 2. The quantitative estimate of drug-likeness (QED) is 0.569. The maximum Gasteiger partial charge on any atom is 0.119 e. The molecule has 0 aliphatic heterocycles. The number of nitrogens with zero attached hydrogens (tertiary/aromatic N) is 1. The number of para-hydroxylation sites is 2. The van der Waals surface area contributed by atoms with E-state index in [2.05, 4.69) is 73.3 Å². The fourth-order valence-electron chi connectivity index (χ4n) is 3.04. The Bertz CT molecular complexity index is 794. The Morgan fingerprint density at radius 1 is 0.792 bits per heavy atom. The van der Waals surface area contributed by atoms with Crippen LogP contribution in [0, 0.1) is 6.92 Å². The molecule has 0 unspecified atom stereocenters. The van der Waals surface area contributed by atoms with Crippen LogP contribution in [0.1, 0.15) is 18.1 Å². The van der Waals surface area contributed by atoms with E-state index in [1.807, 2.05) is 18.2 Å². The van der Waals surface area contributed by atoms with E-state index in [9.17, 15) is 0 Å². The average Bonchev–Trinajstić information content (AvgIpc) is 2.64. The zero-order valence-electron chi connectivity index (χ0n) is 14.5.